The zero-order valence-electron chi connectivity index (χ0n) is 14.9. The summed E-state index contributed by atoms with van der Waals surface area (Å²) < 4.78 is 5.72. The normalized spacial score (nSPS) is 10.8. The molecule has 0 spiro atoms. The van der Waals surface area contributed by atoms with Crippen LogP contribution >= 0.6 is 22.9 Å². The van der Waals surface area contributed by atoms with Crippen LogP contribution in [-0.4, -0.2) is 17.5 Å². The Bertz CT molecular complexity index is 1100. The molecule has 4 nitrogen and oxygen atoms in total. The van der Waals surface area contributed by atoms with Crippen LogP contribution in [0.4, 0.5) is 5.13 Å². The maximum atomic E-state index is 12.2. The minimum atomic E-state index is -0.236. The van der Waals surface area contributed by atoms with Crippen molar-refractivity contribution >= 4 is 44.7 Å². The molecule has 4 rings (SSSR count). The van der Waals surface area contributed by atoms with Gasteiger partial charge in [0.2, 0.25) is 0 Å². The Morgan fingerprint density at radius 3 is 2.68 bits per heavy atom. The number of fused-ring (bicyclic) bond motifs is 1. The maximum absolute atomic E-state index is 12.2. The number of amides is 1. The molecule has 1 N–H and O–H groups in total. The molecule has 0 unspecified atom stereocenters. The van der Waals surface area contributed by atoms with Crippen molar-refractivity contribution in [3.05, 3.63) is 88.4 Å². The fraction of sp³-hybridized carbons (Fsp3) is 0.0909. The van der Waals surface area contributed by atoms with Crippen LogP contribution in [0.15, 0.2) is 72.9 Å². The van der Waals surface area contributed by atoms with Crippen LogP contribution < -0.4 is 10.1 Å². The molecule has 1 amide bonds. The highest BCUT2D eigenvalue weighted by molar-refractivity contribution is 7.15. The fourth-order valence-electron chi connectivity index (χ4n) is 2.87. The number of hydrogen-bond donors (Lipinski definition) is 1. The van der Waals surface area contributed by atoms with E-state index in [0.717, 1.165) is 27.6 Å². The van der Waals surface area contributed by atoms with Crippen LogP contribution in [-0.2, 0) is 11.2 Å². The van der Waals surface area contributed by atoms with Crippen molar-refractivity contribution < 1.29 is 9.53 Å². The maximum Gasteiger partial charge on any atom is 0.264 e. The molecule has 1 heterocycles. The van der Waals surface area contributed by atoms with E-state index in [1.807, 2.05) is 66.7 Å². The van der Waals surface area contributed by atoms with Gasteiger partial charge in [0, 0.05) is 27.9 Å². The average Bonchev–Trinajstić information content (AvgIpc) is 3.15. The van der Waals surface area contributed by atoms with E-state index in [9.17, 15) is 4.79 Å². The quantitative estimate of drug-likeness (QED) is 0.454. The van der Waals surface area contributed by atoms with Gasteiger partial charge in [-0.2, -0.15) is 0 Å². The summed E-state index contributed by atoms with van der Waals surface area (Å²) in [5.41, 5.74) is 1.14. The van der Waals surface area contributed by atoms with Crippen molar-refractivity contribution in [2.75, 3.05) is 11.9 Å². The van der Waals surface area contributed by atoms with Crippen LogP contribution in [0.25, 0.3) is 10.8 Å². The Balaban J connectivity index is 1.35. The number of benzene rings is 3. The molecule has 3 aromatic carbocycles. The molecule has 1 aromatic heterocycles. The third-order valence-corrected chi connectivity index (χ3v) is 5.36. The van der Waals surface area contributed by atoms with Crippen LogP contribution in [0, 0.1) is 0 Å². The zero-order valence-corrected chi connectivity index (χ0v) is 16.5. The van der Waals surface area contributed by atoms with E-state index in [4.69, 9.17) is 16.3 Å². The smallest absolute Gasteiger partial charge is 0.264 e. The molecule has 0 radical (unpaired) electrons. The zero-order chi connectivity index (χ0) is 19.3. The van der Waals surface area contributed by atoms with Gasteiger partial charge in [-0.25, -0.2) is 4.98 Å². The Morgan fingerprint density at radius 1 is 1.04 bits per heavy atom. The molecule has 6 heteroatoms. The van der Waals surface area contributed by atoms with E-state index in [1.54, 1.807) is 6.20 Å². The number of nitrogens with one attached hydrogen (secondary N) is 1. The lowest BCUT2D eigenvalue weighted by molar-refractivity contribution is -0.118. The standard InChI is InChI=1S/C22H17ClN2O2S/c23-17-10-8-15(9-11-17)12-18-13-24-22(28-18)25-21(26)14-27-20-7-3-5-16-4-1-2-6-19(16)20/h1-11,13H,12,14H2,(H,24,25,26). The summed E-state index contributed by atoms with van der Waals surface area (Å²) in [6.45, 7) is -0.0693. The van der Waals surface area contributed by atoms with Crippen molar-refractivity contribution in [2.45, 2.75) is 6.42 Å². The van der Waals surface area contributed by atoms with Gasteiger partial charge in [-0.05, 0) is 29.1 Å². The number of carbonyl (C=O) groups is 1. The predicted octanol–water partition coefficient (Wildman–Crippen LogP) is 5.56. The van der Waals surface area contributed by atoms with Gasteiger partial charge in [0.05, 0.1) is 0 Å². The van der Waals surface area contributed by atoms with Gasteiger partial charge >= 0.3 is 0 Å². The Morgan fingerprint density at radius 2 is 1.82 bits per heavy atom. The summed E-state index contributed by atoms with van der Waals surface area (Å²) >= 11 is 7.37. The molecule has 0 atom stereocenters. The SMILES string of the molecule is O=C(COc1cccc2ccccc12)Nc1ncc(Cc2ccc(Cl)cc2)s1. The van der Waals surface area contributed by atoms with Crippen molar-refractivity contribution in [1.82, 2.24) is 4.98 Å². The largest absolute Gasteiger partial charge is 0.483 e. The van der Waals surface area contributed by atoms with Crippen molar-refractivity contribution in [3.63, 3.8) is 0 Å². The van der Waals surface area contributed by atoms with Gasteiger partial charge in [-0.3, -0.25) is 10.1 Å². The van der Waals surface area contributed by atoms with Crippen molar-refractivity contribution in [2.24, 2.45) is 0 Å². The molecular formula is C22H17ClN2O2S. The number of rotatable bonds is 6. The number of anilines is 1. The molecule has 0 saturated carbocycles. The van der Waals surface area contributed by atoms with Crippen molar-refractivity contribution in [3.8, 4) is 5.75 Å². The number of thiazole rings is 1. The van der Waals surface area contributed by atoms with Crippen LogP contribution in [0.5, 0.6) is 5.75 Å². The highest BCUT2D eigenvalue weighted by atomic mass is 35.5. The van der Waals surface area contributed by atoms with Gasteiger partial charge in [0.15, 0.2) is 11.7 Å². The number of ether oxygens (including phenoxy) is 1. The van der Waals surface area contributed by atoms with Gasteiger partial charge in [-0.1, -0.05) is 60.1 Å². The molecule has 140 valence electrons. The first-order chi connectivity index (χ1) is 13.7. The Hall–Kier alpha value is -2.89. The van der Waals surface area contributed by atoms with Crippen LogP contribution in [0.2, 0.25) is 5.02 Å². The molecular weight excluding hydrogens is 392 g/mol. The van der Waals surface area contributed by atoms with E-state index in [2.05, 4.69) is 10.3 Å². The number of halogens is 1. The summed E-state index contributed by atoms with van der Waals surface area (Å²) in [5, 5.41) is 6.14. The van der Waals surface area contributed by atoms with E-state index in [1.165, 1.54) is 11.3 Å². The number of aromatic nitrogens is 1. The van der Waals surface area contributed by atoms with Crippen LogP contribution in [0.1, 0.15) is 10.4 Å². The monoisotopic (exact) mass is 408 g/mol. The van der Waals surface area contributed by atoms with Gasteiger partial charge in [0.1, 0.15) is 5.75 Å². The van der Waals surface area contributed by atoms with E-state index >= 15 is 0 Å². The van der Waals surface area contributed by atoms with Crippen LogP contribution in [0.3, 0.4) is 0 Å². The first-order valence-corrected chi connectivity index (χ1v) is 9.96. The number of hydrogen-bond acceptors (Lipinski definition) is 4. The molecule has 0 aliphatic rings. The highest BCUT2D eigenvalue weighted by Crippen LogP contribution is 2.25. The molecule has 0 saturated heterocycles. The number of carbonyl (C=O) groups excluding carboxylic acids is 1. The summed E-state index contributed by atoms with van der Waals surface area (Å²) in [4.78, 5) is 17.6. The first kappa shape index (κ1) is 18.5. The highest BCUT2D eigenvalue weighted by Gasteiger charge is 2.09. The summed E-state index contributed by atoms with van der Waals surface area (Å²) in [5.74, 6) is 0.455. The second-order valence-corrected chi connectivity index (χ2v) is 7.80. The molecule has 4 aromatic rings. The summed E-state index contributed by atoms with van der Waals surface area (Å²) in [6, 6.07) is 21.4. The minimum Gasteiger partial charge on any atom is -0.483 e. The predicted molar refractivity (Wildman–Crippen MR) is 114 cm³/mol. The lowest BCUT2D eigenvalue weighted by Crippen LogP contribution is -2.20. The lowest BCUT2D eigenvalue weighted by Gasteiger charge is -2.08. The summed E-state index contributed by atoms with van der Waals surface area (Å²) in [7, 11) is 0. The summed E-state index contributed by atoms with van der Waals surface area (Å²) in [6.07, 6.45) is 2.53. The minimum absolute atomic E-state index is 0.0693. The molecule has 0 bridgehead atoms. The molecule has 0 fully saturated rings. The molecule has 0 aliphatic heterocycles. The fourth-order valence-corrected chi connectivity index (χ4v) is 3.86. The average molecular weight is 409 g/mol. The Labute approximate surface area is 171 Å². The van der Waals surface area contributed by atoms with Gasteiger partial charge < -0.3 is 4.74 Å². The van der Waals surface area contributed by atoms with E-state index in [-0.39, 0.29) is 12.5 Å². The van der Waals surface area contributed by atoms with E-state index in [0.29, 0.717) is 15.9 Å². The van der Waals surface area contributed by atoms with Crippen molar-refractivity contribution in [1.29, 1.82) is 0 Å². The first-order valence-electron chi connectivity index (χ1n) is 8.77. The molecule has 0 aliphatic carbocycles. The third kappa shape index (κ3) is 4.50. The van der Waals surface area contributed by atoms with E-state index < -0.39 is 0 Å². The van der Waals surface area contributed by atoms with Gasteiger partial charge in [0.25, 0.3) is 5.91 Å². The second-order valence-electron chi connectivity index (χ2n) is 6.25. The lowest BCUT2D eigenvalue weighted by atomic mass is 10.1. The second kappa shape index (κ2) is 8.42. The topological polar surface area (TPSA) is 51.2 Å². The molecule has 28 heavy (non-hydrogen) atoms. The Kier molecular flexibility index (Phi) is 5.55. The van der Waals surface area contributed by atoms with Gasteiger partial charge in [-0.15, -0.1) is 11.3 Å². The third-order valence-electron chi connectivity index (χ3n) is 4.20. The number of nitrogens with zero attached hydrogens (tertiary/aromatic N) is 1.